The summed E-state index contributed by atoms with van der Waals surface area (Å²) in [6.07, 6.45) is 2.00. The lowest BCUT2D eigenvalue weighted by molar-refractivity contribution is -0.125. The van der Waals surface area contributed by atoms with Crippen molar-refractivity contribution in [2.75, 3.05) is 18.4 Å². The van der Waals surface area contributed by atoms with Crippen LogP contribution in [0.5, 0.6) is 0 Å². The quantitative estimate of drug-likeness (QED) is 0.869. The van der Waals surface area contributed by atoms with Crippen molar-refractivity contribution in [2.24, 2.45) is 5.92 Å². The maximum Gasteiger partial charge on any atom is 0.245 e. The van der Waals surface area contributed by atoms with Gasteiger partial charge in [0, 0.05) is 18.8 Å². The molecule has 0 aromatic heterocycles. The molecule has 0 saturated carbocycles. The molecular formula is C17H24N2O2. The Morgan fingerprint density at radius 1 is 1.38 bits per heavy atom. The summed E-state index contributed by atoms with van der Waals surface area (Å²) >= 11 is 0. The molecule has 2 rings (SSSR count). The molecule has 1 aliphatic rings. The molecule has 1 aromatic carbocycles. The largest absolute Gasteiger partial charge is 0.338 e. The fourth-order valence-corrected chi connectivity index (χ4v) is 2.27. The van der Waals surface area contributed by atoms with E-state index in [0.29, 0.717) is 19.5 Å². The minimum absolute atomic E-state index is 0.0232. The number of amides is 2. The molecule has 0 spiro atoms. The van der Waals surface area contributed by atoms with Crippen molar-refractivity contribution in [3.63, 3.8) is 0 Å². The normalized spacial score (nSPS) is 16.7. The summed E-state index contributed by atoms with van der Waals surface area (Å²) < 4.78 is 0. The third-order valence-corrected chi connectivity index (χ3v) is 3.33. The Kier molecular flexibility index (Phi) is 6.66. The van der Waals surface area contributed by atoms with Gasteiger partial charge in [-0.3, -0.25) is 9.59 Å². The first-order chi connectivity index (χ1) is 10.1. The number of nitrogens with zero attached hydrogens (tertiary/aromatic N) is 1. The van der Waals surface area contributed by atoms with E-state index in [2.05, 4.69) is 11.9 Å². The lowest BCUT2D eigenvalue weighted by atomic mass is 10.1. The number of nitrogens with one attached hydrogen (secondary N) is 1. The Balaban J connectivity index is 0.00000106. The summed E-state index contributed by atoms with van der Waals surface area (Å²) in [6, 6.07) is 7.69. The fourth-order valence-electron chi connectivity index (χ4n) is 2.27. The smallest absolute Gasteiger partial charge is 0.245 e. The molecule has 0 aliphatic carbocycles. The number of rotatable bonds is 3. The van der Waals surface area contributed by atoms with Gasteiger partial charge in [0.2, 0.25) is 11.8 Å². The average Bonchev–Trinajstić information content (AvgIpc) is 2.98. The molecule has 114 valence electrons. The monoisotopic (exact) mass is 288 g/mol. The van der Waals surface area contributed by atoms with E-state index in [1.807, 2.05) is 45.0 Å². The first kappa shape index (κ1) is 17.0. The highest BCUT2D eigenvalue weighted by Gasteiger charge is 2.29. The minimum atomic E-state index is -0.135. The lowest BCUT2D eigenvalue weighted by Crippen LogP contribution is -2.30. The maximum absolute atomic E-state index is 12.1. The number of anilines is 1. The lowest BCUT2D eigenvalue weighted by Gasteiger charge is -2.14. The zero-order valence-electron chi connectivity index (χ0n) is 13.1. The van der Waals surface area contributed by atoms with Gasteiger partial charge in [0.05, 0.1) is 5.92 Å². The first-order valence-electron chi connectivity index (χ1n) is 7.39. The average molecular weight is 288 g/mol. The van der Waals surface area contributed by atoms with E-state index in [9.17, 15) is 9.59 Å². The van der Waals surface area contributed by atoms with Crippen LogP contribution in [0.4, 0.5) is 5.69 Å². The molecule has 1 saturated heterocycles. The van der Waals surface area contributed by atoms with Crippen LogP contribution in [-0.4, -0.2) is 29.8 Å². The van der Waals surface area contributed by atoms with Crippen molar-refractivity contribution in [3.8, 4) is 0 Å². The Bertz CT molecular complexity index is 511. The molecule has 2 amide bonds. The molecule has 4 heteroatoms. The number of likely N-dealkylation sites (tertiary alicyclic amines) is 1. The van der Waals surface area contributed by atoms with E-state index in [4.69, 9.17) is 0 Å². The highest BCUT2D eigenvalue weighted by atomic mass is 16.2. The molecule has 4 nitrogen and oxygen atoms in total. The molecule has 1 fully saturated rings. The zero-order chi connectivity index (χ0) is 15.8. The maximum atomic E-state index is 12.1. The Morgan fingerprint density at radius 2 is 2.10 bits per heavy atom. The van der Waals surface area contributed by atoms with Crippen LogP contribution in [0.15, 0.2) is 36.9 Å². The van der Waals surface area contributed by atoms with Gasteiger partial charge in [0.1, 0.15) is 0 Å². The SMILES string of the molecule is C=CC(=O)N1CCC(C(=O)Nc2cccc(C)c2)C1.CC. The van der Waals surface area contributed by atoms with E-state index in [0.717, 1.165) is 11.3 Å². The van der Waals surface area contributed by atoms with Gasteiger partial charge in [-0.15, -0.1) is 0 Å². The van der Waals surface area contributed by atoms with Gasteiger partial charge in [0.15, 0.2) is 0 Å². The van der Waals surface area contributed by atoms with Gasteiger partial charge in [-0.2, -0.15) is 0 Å². The van der Waals surface area contributed by atoms with Crippen molar-refractivity contribution in [1.82, 2.24) is 4.90 Å². The van der Waals surface area contributed by atoms with E-state index in [1.165, 1.54) is 6.08 Å². The van der Waals surface area contributed by atoms with E-state index < -0.39 is 0 Å². The Hall–Kier alpha value is -2.10. The van der Waals surface area contributed by atoms with Crippen LogP contribution >= 0.6 is 0 Å². The second-order valence-corrected chi connectivity index (χ2v) is 4.83. The summed E-state index contributed by atoms with van der Waals surface area (Å²) in [6.45, 7) is 10.5. The van der Waals surface area contributed by atoms with Crippen LogP contribution in [0.2, 0.25) is 0 Å². The van der Waals surface area contributed by atoms with Crippen LogP contribution in [0.1, 0.15) is 25.8 Å². The first-order valence-corrected chi connectivity index (χ1v) is 7.39. The minimum Gasteiger partial charge on any atom is -0.338 e. The number of hydrogen-bond acceptors (Lipinski definition) is 2. The van der Waals surface area contributed by atoms with Gasteiger partial charge in [-0.1, -0.05) is 32.6 Å². The topological polar surface area (TPSA) is 49.4 Å². The van der Waals surface area contributed by atoms with Crippen molar-refractivity contribution < 1.29 is 9.59 Å². The predicted molar refractivity (Wildman–Crippen MR) is 86.0 cm³/mol. The molecule has 1 atom stereocenters. The van der Waals surface area contributed by atoms with Crippen LogP contribution in [0.25, 0.3) is 0 Å². The number of aryl methyl sites for hydroxylation is 1. The molecule has 1 heterocycles. The van der Waals surface area contributed by atoms with Gasteiger partial charge in [-0.25, -0.2) is 0 Å². The van der Waals surface area contributed by atoms with Crippen LogP contribution in [0.3, 0.4) is 0 Å². The summed E-state index contributed by atoms with van der Waals surface area (Å²) in [5.41, 5.74) is 1.91. The summed E-state index contributed by atoms with van der Waals surface area (Å²) in [5, 5.41) is 2.90. The number of hydrogen-bond donors (Lipinski definition) is 1. The molecule has 21 heavy (non-hydrogen) atoms. The van der Waals surface area contributed by atoms with Crippen molar-refractivity contribution in [2.45, 2.75) is 27.2 Å². The van der Waals surface area contributed by atoms with Gasteiger partial charge in [0.25, 0.3) is 0 Å². The summed E-state index contributed by atoms with van der Waals surface area (Å²) in [5.74, 6) is -0.264. The molecular weight excluding hydrogens is 264 g/mol. The molecule has 0 bridgehead atoms. The third-order valence-electron chi connectivity index (χ3n) is 3.33. The third kappa shape index (κ3) is 4.74. The highest BCUT2D eigenvalue weighted by Crippen LogP contribution is 2.19. The number of benzene rings is 1. The molecule has 1 aromatic rings. The summed E-state index contributed by atoms with van der Waals surface area (Å²) in [7, 11) is 0. The van der Waals surface area contributed by atoms with E-state index in [1.54, 1.807) is 4.90 Å². The van der Waals surface area contributed by atoms with Crippen LogP contribution < -0.4 is 5.32 Å². The van der Waals surface area contributed by atoms with Crippen molar-refractivity contribution in [1.29, 1.82) is 0 Å². The van der Waals surface area contributed by atoms with E-state index in [-0.39, 0.29) is 17.7 Å². The van der Waals surface area contributed by atoms with E-state index >= 15 is 0 Å². The summed E-state index contributed by atoms with van der Waals surface area (Å²) in [4.78, 5) is 25.2. The van der Waals surface area contributed by atoms with Gasteiger partial charge < -0.3 is 10.2 Å². The predicted octanol–water partition coefficient (Wildman–Crippen LogP) is 2.99. The van der Waals surface area contributed by atoms with Crippen LogP contribution in [0, 0.1) is 12.8 Å². The molecule has 1 unspecified atom stereocenters. The zero-order valence-corrected chi connectivity index (χ0v) is 13.1. The Labute approximate surface area is 126 Å². The second-order valence-electron chi connectivity index (χ2n) is 4.83. The Morgan fingerprint density at radius 3 is 2.71 bits per heavy atom. The standard InChI is InChI=1S/C15H18N2O2.C2H6/c1-3-14(18)17-8-7-12(10-17)15(19)16-13-6-4-5-11(2)9-13;1-2/h3-6,9,12H,1,7-8,10H2,2H3,(H,16,19);1-2H3. The van der Waals surface area contributed by atoms with Crippen molar-refractivity contribution >= 4 is 17.5 Å². The highest BCUT2D eigenvalue weighted by molar-refractivity contribution is 5.94. The molecule has 0 radical (unpaired) electrons. The van der Waals surface area contributed by atoms with Gasteiger partial charge >= 0.3 is 0 Å². The molecule has 1 N–H and O–H groups in total. The fraction of sp³-hybridized carbons (Fsp3) is 0.412. The number of carbonyl (C=O) groups is 2. The number of carbonyl (C=O) groups excluding carboxylic acids is 2. The van der Waals surface area contributed by atoms with Crippen molar-refractivity contribution in [3.05, 3.63) is 42.5 Å². The van der Waals surface area contributed by atoms with Gasteiger partial charge in [-0.05, 0) is 37.1 Å². The molecule has 1 aliphatic heterocycles. The van der Waals surface area contributed by atoms with Crippen LogP contribution in [-0.2, 0) is 9.59 Å². The second kappa shape index (κ2) is 8.25.